The summed E-state index contributed by atoms with van der Waals surface area (Å²) in [4.78, 5) is 2.43. The van der Waals surface area contributed by atoms with Gasteiger partial charge in [0, 0.05) is 38.3 Å². The van der Waals surface area contributed by atoms with E-state index in [1.807, 2.05) is 13.8 Å². The minimum Gasteiger partial charge on any atom is -0.361 e. The van der Waals surface area contributed by atoms with Crippen molar-refractivity contribution < 1.29 is 4.52 Å². The lowest BCUT2D eigenvalue weighted by Crippen LogP contribution is -2.43. The van der Waals surface area contributed by atoms with E-state index in [1.165, 1.54) is 5.56 Å². The molecule has 0 bridgehead atoms. The molecule has 1 aliphatic heterocycles. The summed E-state index contributed by atoms with van der Waals surface area (Å²) in [6.45, 7) is 9.37. The van der Waals surface area contributed by atoms with Crippen LogP contribution >= 0.6 is 12.4 Å². The van der Waals surface area contributed by atoms with Crippen molar-refractivity contribution in [1.82, 2.24) is 15.4 Å². The highest BCUT2D eigenvalue weighted by Gasteiger charge is 2.15. The number of hydrogen-bond acceptors (Lipinski definition) is 4. The summed E-state index contributed by atoms with van der Waals surface area (Å²) < 4.78 is 5.14. The predicted molar refractivity (Wildman–Crippen MR) is 61.4 cm³/mol. The normalized spacial score (nSPS) is 17.5. The van der Waals surface area contributed by atoms with E-state index in [0.29, 0.717) is 0 Å². The van der Waals surface area contributed by atoms with Gasteiger partial charge < -0.3 is 9.84 Å². The highest BCUT2D eigenvalue weighted by molar-refractivity contribution is 5.85. The summed E-state index contributed by atoms with van der Waals surface area (Å²) in [5.41, 5.74) is 2.29. The van der Waals surface area contributed by atoms with Gasteiger partial charge in [0.2, 0.25) is 0 Å². The van der Waals surface area contributed by atoms with Gasteiger partial charge in [0.1, 0.15) is 5.76 Å². The number of aryl methyl sites for hydroxylation is 2. The lowest BCUT2D eigenvalue weighted by Gasteiger charge is -2.26. The van der Waals surface area contributed by atoms with Crippen LogP contribution in [0.25, 0.3) is 0 Å². The number of nitrogens with one attached hydrogen (secondary N) is 1. The molecule has 5 heteroatoms. The van der Waals surface area contributed by atoms with Crippen LogP contribution in [0.3, 0.4) is 0 Å². The molecule has 1 aromatic rings. The van der Waals surface area contributed by atoms with E-state index in [0.717, 1.165) is 44.2 Å². The maximum absolute atomic E-state index is 5.14. The Labute approximate surface area is 96.4 Å². The molecule has 86 valence electrons. The molecule has 0 saturated carbocycles. The number of hydrogen-bond donors (Lipinski definition) is 1. The van der Waals surface area contributed by atoms with Gasteiger partial charge >= 0.3 is 0 Å². The Morgan fingerprint density at radius 2 is 2.00 bits per heavy atom. The van der Waals surface area contributed by atoms with E-state index in [9.17, 15) is 0 Å². The monoisotopic (exact) mass is 231 g/mol. The average molecular weight is 232 g/mol. The third-order valence-corrected chi connectivity index (χ3v) is 2.77. The molecule has 0 atom stereocenters. The van der Waals surface area contributed by atoms with Crippen molar-refractivity contribution in [2.24, 2.45) is 0 Å². The second kappa shape index (κ2) is 5.49. The summed E-state index contributed by atoms with van der Waals surface area (Å²) in [5, 5.41) is 7.31. The van der Waals surface area contributed by atoms with E-state index in [-0.39, 0.29) is 12.4 Å². The summed E-state index contributed by atoms with van der Waals surface area (Å²) in [5.74, 6) is 0.959. The number of halogens is 1. The van der Waals surface area contributed by atoms with E-state index < -0.39 is 0 Å². The van der Waals surface area contributed by atoms with Gasteiger partial charge in [0.15, 0.2) is 0 Å². The van der Waals surface area contributed by atoms with Crippen molar-refractivity contribution in [3.05, 3.63) is 17.0 Å². The van der Waals surface area contributed by atoms with Crippen LogP contribution in [0.2, 0.25) is 0 Å². The molecule has 0 amide bonds. The maximum Gasteiger partial charge on any atom is 0.138 e. The lowest BCUT2D eigenvalue weighted by atomic mass is 10.2. The summed E-state index contributed by atoms with van der Waals surface area (Å²) in [7, 11) is 0. The molecule has 0 aromatic carbocycles. The zero-order chi connectivity index (χ0) is 9.97. The van der Waals surface area contributed by atoms with E-state index >= 15 is 0 Å². The van der Waals surface area contributed by atoms with E-state index in [2.05, 4.69) is 15.4 Å². The number of rotatable bonds is 2. The molecular formula is C10H18ClN3O. The number of piperazine rings is 1. The van der Waals surface area contributed by atoms with Crippen LogP contribution in [-0.4, -0.2) is 36.2 Å². The van der Waals surface area contributed by atoms with Gasteiger partial charge in [-0.25, -0.2) is 0 Å². The van der Waals surface area contributed by atoms with Crippen LogP contribution in [0.4, 0.5) is 0 Å². The van der Waals surface area contributed by atoms with Crippen LogP contribution in [-0.2, 0) is 6.54 Å². The molecule has 0 unspecified atom stereocenters. The van der Waals surface area contributed by atoms with Crippen molar-refractivity contribution >= 4 is 12.4 Å². The molecule has 0 radical (unpaired) electrons. The zero-order valence-electron chi connectivity index (χ0n) is 9.25. The van der Waals surface area contributed by atoms with Crippen molar-refractivity contribution in [2.75, 3.05) is 26.2 Å². The van der Waals surface area contributed by atoms with Gasteiger partial charge in [-0.3, -0.25) is 4.90 Å². The summed E-state index contributed by atoms with van der Waals surface area (Å²) in [6, 6.07) is 0. The van der Waals surface area contributed by atoms with Crippen molar-refractivity contribution in [1.29, 1.82) is 0 Å². The van der Waals surface area contributed by atoms with Crippen molar-refractivity contribution in [3.8, 4) is 0 Å². The van der Waals surface area contributed by atoms with Crippen LogP contribution < -0.4 is 5.32 Å². The topological polar surface area (TPSA) is 41.3 Å². The molecule has 15 heavy (non-hydrogen) atoms. The van der Waals surface area contributed by atoms with Gasteiger partial charge in [-0.1, -0.05) is 5.16 Å². The fourth-order valence-electron chi connectivity index (χ4n) is 1.82. The van der Waals surface area contributed by atoms with Gasteiger partial charge in [-0.05, 0) is 13.8 Å². The Bertz CT molecular complexity index is 288. The Balaban J connectivity index is 0.00000112. The first kappa shape index (κ1) is 12.5. The minimum atomic E-state index is 0. The van der Waals surface area contributed by atoms with Gasteiger partial charge in [-0.15, -0.1) is 12.4 Å². The highest BCUT2D eigenvalue weighted by Crippen LogP contribution is 2.14. The SMILES string of the molecule is Cc1noc(C)c1CN1CCNCC1.Cl. The number of nitrogens with zero attached hydrogens (tertiary/aromatic N) is 2. The molecule has 1 saturated heterocycles. The third kappa shape index (κ3) is 2.93. The first-order valence-corrected chi connectivity index (χ1v) is 5.12. The third-order valence-electron chi connectivity index (χ3n) is 2.77. The fraction of sp³-hybridized carbons (Fsp3) is 0.700. The molecule has 1 fully saturated rings. The van der Waals surface area contributed by atoms with Gasteiger partial charge in [-0.2, -0.15) is 0 Å². The van der Waals surface area contributed by atoms with Crippen molar-refractivity contribution in [3.63, 3.8) is 0 Å². The first-order valence-electron chi connectivity index (χ1n) is 5.12. The van der Waals surface area contributed by atoms with Gasteiger partial charge in [0.25, 0.3) is 0 Å². The molecule has 0 spiro atoms. The van der Waals surface area contributed by atoms with Crippen LogP contribution in [0.1, 0.15) is 17.0 Å². The summed E-state index contributed by atoms with van der Waals surface area (Å²) >= 11 is 0. The van der Waals surface area contributed by atoms with Crippen LogP contribution in [0.5, 0.6) is 0 Å². The minimum absolute atomic E-state index is 0. The second-order valence-electron chi connectivity index (χ2n) is 3.83. The highest BCUT2D eigenvalue weighted by atomic mass is 35.5. The standard InChI is InChI=1S/C10H17N3O.ClH/c1-8-10(9(2)14-12-8)7-13-5-3-11-4-6-13;/h11H,3-7H2,1-2H3;1H. The predicted octanol–water partition coefficient (Wildman–Crippen LogP) is 1.12. The van der Waals surface area contributed by atoms with Gasteiger partial charge in [0.05, 0.1) is 5.69 Å². The van der Waals surface area contributed by atoms with Crippen LogP contribution in [0.15, 0.2) is 4.52 Å². The molecule has 1 aromatic heterocycles. The zero-order valence-corrected chi connectivity index (χ0v) is 10.1. The average Bonchev–Trinajstić information content (AvgIpc) is 2.51. The lowest BCUT2D eigenvalue weighted by molar-refractivity contribution is 0.231. The van der Waals surface area contributed by atoms with Crippen LogP contribution in [0, 0.1) is 13.8 Å². The molecule has 0 aliphatic carbocycles. The Morgan fingerprint density at radius 1 is 1.33 bits per heavy atom. The fourth-order valence-corrected chi connectivity index (χ4v) is 1.82. The largest absolute Gasteiger partial charge is 0.361 e. The number of aromatic nitrogens is 1. The molecule has 2 heterocycles. The first-order chi connectivity index (χ1) is 6.77. The molecule has 4 nitrogen and oxygen atoms in total. The molecule has 1 N–H and O–H groups in total. The second-order valence-corrected chi connectivity index (χ2v) is 3.83. The smallest absolute Gasteiger partial charge is 0.138 e. The molecular weight excluding hydrogens is 214 g/mol. The maximum atomic E-state index is 5.14. The Kier molecular flexibility index (Phi) is 4.57. The Morgan fingerprint density at radius 3 is 2.53 bits per heavy atom. The molecule has 1 aliphatic rings. The quantitative estimate of drug-likeness (QED) is 0.828. The Hall–Kier alpha value is -0.580. The van der Waals surface area contributed by atoms with E-state index in [1.54, 1.807) is 0 Å². The molecule has 2 rings (SSSR count). The van der Waals surface area contributed by atoms with E-state index in [4.69, 9.17) is 4.52 Å². The summed E-state index contributed by atoms with van der Waals surface area (Å²) in [6.07, 6.45) is 0. The van der Waals surface area contributed by atoms with Crippen molar-refractivity contribution in [2.45, 2.75) is 20.4 Å².